The van der Waals surface area contributed by atoms with Crippen LogP contribution in [0.15, 0.2) is 23.0 Å². The molecule has 0 bridgehead atoms. The molecule has 2 N–H and O–H groups in total. The highest BCUT2D eigenvalue weighted by molar-refractivity contribution is 6.43. The van der Waals surface area contributed by atoms with Crippen molar-refractivity contribution in [3.63, 3.8) is 0 Å². The third-order valence-electron chi connectivity index (χ3n) is 6.03. The first-order valence-corrected chi connectivity index (χ1v) is 10.1. The zero-order valence-corrected chi connectivity index (χ0v) is 17.4. The van der Waals surface area contributed by atoms with Crippen molar-refractivity contribution in [2.75, 3.05) is 24.6 Å². The molecule has 9 heteroatoms. The molecule has 2 atom stereocenters. The molecule has 0 radical (unpaired) electrons. The minimum absolute atomic E-state index is 0.00819. The van der Waals surface area contributed by atoms with Gasteiger partial charge in [0.25, 0.3) is 0 Å². The van der Waals surface area contributed by atoms with E-state index < -0.39 is 5.69 Å². The van der Waals surface area contributed by atoms with Crippen molar-refractivity contribution in [1.29, 1.82) is 0 Å². The topological polar surface area (TPSA) is 86.3 Å². The average Bonchev–Trinajstić information content (AvgIpc) is 2.94. The molecule has 0 aliphatic carbocycles. The number of ether oxygens (including phenoxy) is 1. The number of nitrogens with two attached hydrogens (primary N) is 1. The number of hydrogen-bond acceptors (Lipinski definition) is 6. The van der Waals surface area contributed by atoms with Gasteiger partial charge in [0.2, 0.25) is 5.95 Å². The molecule has 0 saturated carbocycles. The van der Waals surface area contributed by atoms with Crippen molar-refractivity contribution in [3.8, 4) is 5.69 Å². The molecule has 4 rings (SSSR count). The summed E-state index contributed by atoms with van der Waals surface area (Å²) in [5.74, 6) is 0.946. The largest absolute Gasteiger partial charge is 0.376 e. The number of aryl methyl sites for hydroxylation is 1. The minimum Gasteiger partial charge on any atom is -0.376 e. The Morgan fingerprint density at radius 3 is 2.57 bits per heavy atom. The van der Waals surface area contributed by atoms with E-state index in [0.29, 0.717) is 34.1 Å². The molecule has 1 aromatic carbocycles. The number of benzene rings is 1. The Balaban J connectivity index is 1.60. The van der Waals surface area contributed by atoms with Crippen molar-refractivity contribution < 1.29 is 4.74 Å². The second-order valence-corrected chi connectivity index (χ2v) is 8.44. The molecule has 2 aliphatic rings. The molecule has 1 spiro atoms. The molecular formula is C19H23Cl2N5O2. The highest BCUT2D eigenvalue weighted by Crippen LogP contribution is 2.41. The predicted molar refractivity (Wildman–Crippen MR) is 110 cm³/mol. The maximum absolute atomic E-state index is 12.8. The van der Waals surface area contributed by atoms with Gasteiger partial charge in [-0.2, -0.15) is 9.97 Å². The fourth-order valence-corrected chi connectivity index (χ4v) is 4.58. The summed E-state index contributed by atoms with van der Waals surface area (Å²) in [6.07, 6.45) is 1.87. The Hall–Kier alpha value is -1.67. The molecule has 28 heavy (non-hydrogen) atoms. The van der Waals surface area contributed by atoms with E-state index in [2.05, 4.69) is 9.97 Å². The van der Waals surface area contributed by atoms with E-state index in [9.17, 15) is 4.79 Å². The smallest absolute Gasteiger partial charge is 0.356 e. The Morgan fingerprint density at radius 2 is 1.96 bits per heavy atom. The molecule has 0 unspecified atom stereocenters. The zero-order valence-electron chi connectivity index (χ0n) is 15.9. The number of rotatable bonds is 2. The summed E-state index contributed by atoms with van der Waals surface area (Å²) in [4.78, 5) is 23.6. The molecule has 2 aliphatic heterocycles. The molecule has 150 valence electrons. The quantitative estimate of drug-likeness (QED) is 0.798. The van der Waals surface area contributed by atoms with Gasteiger partial charge in [-0.15, -0.1) is 0 Å². The Bertz CT molecular complexity index is 956. The van der Waals surface area contributed by atoms with E-state index in [4.69, 9.17) is 33.7 Å². The molecule has 0 amide bonds. The van der Waals surface area contributed by atoms with Gasteiger partial charge in [-0.05, 0) is 38.8 Å². The normalized spacial score (nSPS) is 24.1. The molecule has 2 aromatic rings. The van der Waals surface area contributed by atoms with Crippen LogP contribution in [0.2, 0.25) is 10.0 Å². The lowest BCUT2D eigenvalue weighted by Crippen LogP contribution is -2.51. The number of anilines is 1. The highest BCUT2D eigenvalue weighted by Gasteiger charge is 2.47. The van der Waals surface area contributed by atoms with E-state index in [1.165, 1.54) is 4.57 Å². The van der Waals surface area contributed by atoms with Crippen molar-refractivity contribution in [2.45, 2.75) is 38.8 Å². The van der Waals surface area contributed by atoms with Crippen molar-refractivity contribution >= 4 is 29.2 Å². The molecule has 2 fully saturated rings. The van der Waals surface area contributed by atoms with Crippen LogP contribution in [0, 0.1) is 12.3 Å². The molecule has 1 aromatic heterocycles. The highest BCUT2D eigenvalue weighted by atomic mass is 35.5. The van der Waals surface area contributed by atoms with Gasteiger partial charge in [0.15, 0.2) is 0 Å². The number of piperidine rings is 1. The van der Waals surface area contributed by atoms with Crippen LogP contribution in [0.5, 0.6) is 0 Å². The van der Waals surface area contributed by atoms with Gasteiger partial charge in [0, 0.05) is 24.5 Å². The van der Waals surface area contributed by atoms with Gasteiger partial charge in [-0.1, -0.05) is 29.3 Å². The van der Waals surface area contributed by atoms with Crippen molar-refractivity contribution in [3.05, 3.63) is 44.6 Å². The van der Waals surface area contributed by atoms with Gasteiger partial charge in [0.1, 0.15) is 5.82 Å². The van der Waals surface area contributed by atoms with Gasteiger partial charge >= 0.3 is 5.69 Å². The molecule has 3 heterocycles. The van der Waals surface area contributed by atoms with Gasteiger partial charge in [-0.3, -0.25) is 0 Å². The number of nitrogens with zero attached hydrogens (tertiary/aromatic N) is 4. The maximum Gasteiger partial charge on any atom is 0.356 e. The number of halogens is 2. The van der Waals surface area contributed by atoms with Crippen LogP contribution in [0.4, 0.5) is 5.95 Å². The van der Waals surface area contributed by atoms with Gasteiger partial charge in [-0.25, -0.2) is 9.36 Å². The summed E-state index contributed by atoms with van der Waals surface area (Å²) in [7, 11) is 0. The molecule has 7 nitrogen and oxygen atoms in total. The molecule has 2 saturated heterocycles. The van der Waals surface area contributed by atoms with Crippen molar-refractivity contribution in [2.24, 2.45) is 11.1 Å². The first-order valence-electron chi connectivity index (χ1n) is 9.37. The SMILES string of the molecule is Cc1nc(N2CCC3(CC2)CO[C@H](C)[C@H]3N)nc(=O)n1-c1cccc(Cl)c1Cl. The zero-order chi connectivity index (χ0) is 20.1. The third-order valence-corrected chi connectivity index (χ3v) is 6.84. The Labute approximate surface area is 173 Å². The average molecular weight is 424 g/mol. The number of hydrogen-bond donors (Lipinski definition) is 1. The second-order valence-electron chi connectivity index (χ2n) is 7.65. The lowest BCUT2D eigenvalue weighted by molar-refractivity contribution is 0.0973. The fourth-order valence-electron chi connectivity index (χ4n) is 4.20. The summed E-state index contributed by atoms with van der Waals surface area (Å²) in [5, 5.41) is 0.676. The van der Waals surface area contributed by atoms with Crippen LogP contribution in [-0.4, -0.2) is 46.4 Å². The fraction of sp³-hybridized carbons (Fsp3) is 0.526. The summed E-state index contributed by atoms with van der Waals surface area (Å²) in [6, 6.07) is 5.17. The standard InChI is InChI=1S/C19H23Cl2N5O2/c1-11-16(22)19(10-28-11)6-8-25(9-7-19)17-23-12(2)26(18(27)24-17)14-5-3-4-13(20)15(14)21/h3-5,11,16H,6-10,22H2,1-2H3/t11-,16-/m1/s1. The summed E-state index contributed by atoms with van der Waals surface area (Å²) in [6.45, 7) is 5.96. The van der Waals surface area contributed by atoms with Crippen LogP contribution in [0.3, 0.4) is 0 Å². The minimum atomic E-state index is -0.429. The lowest BCUT2D eigenvalue weighted by atomic mass is 9.73. The van der Waals surface area contributed by atoms with E-state index in [1.54, 1.807) is 25.1 Å². The van der Waals surface area contributed by atoms with Crippen molar-refractivity contribution in [1.82, 2.24) is 14.5 Å². The Morgan fingerprint density at radius 1 is 1.25 bits per heavy atom. The molecular weight excluding hydrogens is 401 g/mol. The summed E-state index contributed by atoms with van der Waals surface area (Å²) < 4.78 is 7.15. The van der Waals surface area contributed by atoms with Gasteiger partial charge < -0.3 is 15.4 Å². The van der Waals surface area contributed by atoms with Crippen LogP contribution >= 0.6 is 23.2 Å². The lowest BCUT2D eigenvalue weighted by Gasteiger charge is -2.41. The number of aromatic nitrogens is 3. The van der Waals surface area contributed by atoms with E-state index >= 15 is 0 Å². The van der Waals surface area contributed by atoms with Gasteiger partial charge in [0.05, 0.1) is 28.4 Å². The summed E-state index contributed by atoms with van der Waals surface area (Å²) >= 11 is 12.4. The third kappa shape index (κ3) is 3.20. The monoisotopic (exact) mass is 423 g/mol. The van der Waals surface area contributed by atoms with E-state index in [0.717, 1.165) is 25.9 Å². The Kier molecular flexibility index (Phi) is 5.12. The van der Waals surface area contributed by atoms with E-state index in [-0.39, 0.29) is 17.6 Å². The second kappa shape index (κ2) is 7.30. The first kappa shape index (κ1) is 19.6. The van der Waals surface area contributed by atoms with Crippen LogP contribution in [0.25, 0.3) is 5.69 Å². The van der Waals surface area contributed by atoms with Crippen LogP contribution in [0.1, 0.15) is 25.6 Å². The van der Waals surface area contributed by atoms with Crippen LogP contribution in [-0.2, 0) is 4.74 Å². The summed E-state index contributed by atoms with van der Waals surface area (Å²) in [5.41, 5.74) is 6.43. The maximum atomic E-state index is 12.8. The predicted octanol–water partition coefficient (Wildman–Crippen LogP) is 2.58. The van der Waals surface area contributed by atoms with E-state index in [1.807, 2.05) is 11.8 Å². The van der Waals surface area contributed by atoms with Crippen LogP contribution < -0.4 is 16.3 Å². The first-order chi connectivity index (χ1) is 13.3.